The molecule has 5 rings (SSSR count). The maximum Gasteiger partial charge on any atom is 0.240 e. The third-order valence-corrected chi connectivity index (χ3v) is 7.39. The zero-order chi connectivity index (χ0) is 24.4. The number of nitrogens with zero attached hydrogens (tertiary/aromatic N) is 2. The van der Waals surface area contributed by atoms with Gasteiger partial charge in [-0.05, 0) is 30.3 Å². The summed E-state index contributed by atoms with van der Waals surface area (Å²) in [4.78, 5) is 20.2. The van der Waals surface area contributed by atoms with Crippen molar-refractivity contribution in [3.63, 3.8) is 0 Å². The van der Waals surface area contributed by atoms with Gasteiger partial charge in [0, 0.05) is 24.4 Å². The lowest BCUT2D eigenvalue weighted by molar-refractivity contribution is -0.114. The number of nitrogens with one attached hydrogen (secondary N) is 3. The zero-order valence-electron chi connectivity index (χ0n) is 18.9. The van der Waals surface area contributed by atoms with E-state index in [4.69, 9.17) is 9.47 Å². The van der Waals surface area contributed by atoms with E-state index in [0.717, 1.165) is 11.3 Å². The molecule has 0 spiro atoms. The molecule has 35 heavy (non-hydrogen) atoms. The van der Waals surface area contributed by atoms with E-state index in [1.807, 2.05) is 36.4 Å². The Kier molecular flexibility index (Phi) is 6.48. The predicted molar refractivity (Wildman–Crippen MR) is 129 cm³/mol. The highest BCUT2D eigenvalue weighted by molar-refractivity contribution is 7.89. The molecule has 2 saturated heterocycles. The molecule has 2 aromatic carbocycles. The van der Waals surface area contributed by atoms with Crippen LogP contribution >= 0.6 is 0 Å². The highest BCUT2D eigenvalue weighted by atomic mass is 32.2. The average molecular weight is 496 g/mol. The van der Waals surface area contributed by atoms with Crippen LogP contribution in [0.4, 0.5) is 11.6 Å². The number of ether oxygens (including phenoxy) is 2. The Morgan fingerprint density at radius 2 is 1.63 bits per heavy atom. The molecule has 0 aliphatic carbocycles. The first-order chi connectivity index (χ1) is 16.9. The lowest BCUT2D eigenvalue weighted by atomic mass is 10.1. The standard InChI is InChI=1S/C24H25N5O5S/c1-15(30)26-17-7-9-18(10-8-17)35(31,32)29-21-14-34-22-20(13-33-23(21)22)28-24-25-12-11-19(27-24)16-5-3-2-4-6-16/h2-12,20-23,29H,13-14H2,1H3,(H,26,30)(H,25,27,28)/t20-,21+,22-,23+/m0/s1. The number of sulfonamides is 1. The molecule has 4 atom stereocenters. The third kappa shape index (κ3) is 5.17. The number of hydrogen-bond acceptors (Lipinski definition) is 8. The Morgan fingerprint density at radius 1 is 0.943 bits per heavy atom. The first-order valence-electron chi connectivity index (χ1n) is 11.2. The van der Waals surface area contributed by atoms with Gasteiger partial charge in [0.15, 0.2) is 0 Å². The summed E-state index contributed by atoms with van der Waals surface area (Å²) < 4.78 is 40.3. The molecule has 3 heterocycles. The average Bonchev–Trinajstić information content (AvgIpc) is 3.43. The molecule has 0 saturated carbocycles. The van der Waals surface area contributed by atoms with Crippen molar-refractivity contribution in [3.05, 3.63) is 66.9 Å². The Morgan fingerprint density at radius 3 is 2.34 bits per heavy atom. The van der Waals surface area contributed by atoms with Crippen molar-refractivity contribution in [3.8, 4) is 11.3 Å². The molecule has 10 nitrogen and oxygen atoms in total. The van der Waals surface area contributed by atoms with E-state index in [2.05, 4.69) is 25.3 Å². The van der Waals surface area contributed by atoms with Gasteiger partial charge < -0.3 is 20.1 Å². The molecule has 2 aliphatic heterocycles. The second kappa shape index (κ2) is 9.70. The van der Waals surface area contributed by atoms with Gasteiger partial charge >= 0.3 is 0 Å². The van der Waals surface area contributed by atoms with Crippen molar-refractivity contribution < 1.29 is 22.7 Å². The summed E-state index contributed by atoms with van der Waals surface area (Å²) in [7, 11) is -3.81. The molecular formula is C24H25N5O5S. The van der Waals surface area contributed by atoms with Gasteiger partial charge in [-0.2, -0.15) is 0 Å². The van der Waals surface area contributed by atoms with Crippen molar-refractivity contribution in [2.75, 3.05) is 23.8 Å². The van der Waals surface area contributed by atoms with Crippen molar-refractivity contribution >= 4 is 27.6 Å². The molecule has 2 aliphatic rings. The summed E-state index contributed by atoms with van der Waals surface area (Å²) in [5.41, 5.74) is 2.29. The number of anilines is 2. The van der Waals surface area contributed by atoms with Crippen LogP contribution in [-0.4, -0.2) is 61.8 Å². The van der Waals surface area contributed by atoms with Crippen LogP contribution in [0.2, 0.25) is 0 Å². The Hall–Kier alpha value is -3.38. The normalized spacial score (nSPS) is 23.6. The predicted octanol–water partition coefficient (Wildman–Crippen LogP) is 2.03. The number of benzene rings is 2. The number of rotatable bonds is 7. The van der Waals surface area contributed by atoms with Crippen LogP contribution in [0.5, 0.6) is 0 Å². The number of carbonyl (C=O) groups is 1. The smallest absolute Gasteiger partial charge is 0.240 e. The van der Waals surface area contributed by atoms with Crippen molar-refractivity contribution in [2.45, 2.75) is 36.1 Å². The molecule has 0 bridgehead atoms. The summed E-state index contributed by atoms with van der Waals surface area (Å²) >= 11 is 0. The maximum absolute atomic E-state index is 12.9. The SMILES string of the molecule is CC(=O)Nc1ccc(S(=O)(=O)N[C@@H]2CO[C@@H]3[C@@H]2OC[C@@H]3Nc2nccc(-c3ccccc3)n2)cc1. The minimum atomic E-state index is -3.81. The Bertz CT molecular complexity index is 1300. The first-order valence-corrected chi connectivity index (χ1v) is 12.7. The van der Waals surface area contributed by atoms with Crippen molar-refractivity contribution in [2.24, 2.45) is 0 Å². The Labute approximate surface area is 203 Å². The largest absolute Gasteiger partial charge is 0.371 e. The van der Waals surface area contributed by atoms with E-state index in [1.54, 1.807) is 18.3 Å². The number of carbonyl (C=O) groups excluding carboxylic acids is 1. The lowest BCUT2D eigenvalue weighted by Gasteiger charge is -2.18. The fraction of sp³-hybridized carbons (Fsp3) is 0.292. The number of hydrogen-bond donors (Lipinski definition) is 3. The van der Waals surface area contributed by atoms with Crippen molar-refractivity contribution in [1.29, 1.82) is 0 Å². The minimum absolute atomic E-state index is 0.0915. The molecular weight excluding hydrogens is 470 g/mol. The van der Waals surface area contributed by atoms with Crippen LogP contribution in [0, 0.1) is 0 Å². The van der Waals surface area contributed by atoms with Gasteiger partial charge in [0.1, 0.15) is 12.2 Å². The highest BCUT2D eigenvalue weighted by Gasteiger charge is 2.49. The summed E-state index contributed by atoms with van der Waals surface area (Å²) in [5, 5.41) is 5.89. The monoisotopic (exact) mass is 495 g/mol. The topological polar surface area (TPSA) is 132 Å². The zero-order valence-corrected chi connectivity index (χ0v) is 19.7. The van der Waals surface area contributed by atoms with Crippen LogP contribution in [0.3, 0.4) is 0 Å². The van der Waals surface area contributed by atoms with Gasteiger partial charge in [0.25, 0.3) is 0 Å². The van der Waals surface area contributed by atoms with E-state index in [0.29, 0.717) is 18.2 Å². The molecule has 1 aromatic heterocycles. The summed E-state index contributed by atoms with van der Waals surface area (Å²) in [5.74, 6) is 0.221. The van der Waals surface area contributed by atoms with Gasteiger partial charge in [0.2, 0.25) is 21.9 Å². The van der Waals surface area contributed by atoms with Crippen LogP contribution in [0.15, 0.2) is 71.8 Å². The van der Waals surface area contributed by atoms with E-state index in [-0.39, 0.29) is 29.6 Å². The van der Waals surface area contributed by atoms with E-state index in [9.17, 15) is 13.2 Å². The van der Waals surface area contributed by atoms with Crippen LogP contribution in [-0.2, 0) is 24.3 Å². The molecule has 11 heteroatoms. The molecule has 3 N–H and O–H groups in total. The van der Waals surface area contributed by atoms with E-state index >= 15 is 0 Å². The number of aromatic nitrogens is 2. The van der Waals surface area contributed by atoms with Gasteiger partial charge in [0.05, 0.1) is 35.9 Å². The van der Waals surface area contributed by atoms with Gasteiger partial charge in [-0.25, -0.2) is 23.1 Å². The molecule has 3 aromatic rings. The summed E-state index contributed by atoms with van der Waals surface area (Å²) in [6, 6.07) is 16.8. The Balaban J connectivity index is 1.23. The fourth-order valence-corrected chi connectivity index (χ4v) is 5.51. The fourth-order valence-electron chi connectivity index (χ4n) is 4.28. The van der Waals surface area contributed by atoms with E-state index in [1.165, 1.54) is 19.1 Å². The molecule has 182 valence electrons. The second-order valence-electron chi connectivity index (χ2n) is 8.41. The molecule has 0 unspecified atom stereocenters. The highest BCUT2D eigenvalue weighted by Crippen LogP contribution is 2.30. The summed E-state index contributed by atoms with van der Waals surface area (Å²) in [6.07, 6.45) is 0.890. The first kappa shape index (κ1) is 23.4. The van der Waals surface area contributed by atoms with E-state index < -0.39 is 22.2 Å². The molecule has 2 fully saturated rings. The van der Waals surface area contributed by atoms with Crippen molar-refractivity contribution in [1.82, 2.24) is 14.7 Å². The van der Waals surface area contributed by atoms with Gasteiger partial charge in [-0.1, -0.05) is 30.3 Å². The van der Waals surface area contributed by atoms with Gasteiger partial charge in [-0.15, -0.1) is 0 Å². The summed E-state index contributed by atoms with van der Waals surface area (Å²) in [6.45, 7) is 1.90. The maximum atomic E-state index is 12.9. The second-order valence-corrected chi connectivity index (χ2v) is 10.1. The third-order valence-electron chi connectivity index (χ3n) is 5.88. The lowest BCUT2D eigenvalue weighted by Crippen LogP contribution is -2.44. The number of fused-ring (bicyclic) bond motifs is 1. The minimum Gasteiger partial charge on any atom is -0.371 e. The number of amides is 1. The van der Waals surface area contributed by atoms with Crippen LogP contribution in [0.25, 0.3) is 11.3 Å². The van der Waals surface area contributed by atoms with Crippen LogP contribution < -0.4 is 15.4 Å². The molecule has 0 radical (unpaired) electrons. The molecule has 1 amide bonds. The quantitative estimate of drug-likeness (QED) is 0.454. The van der Waals surface area contributed by atoms with Gasteiger partial charge in [-0.3, -0.25) is 4.79 Å². The van der Waals surface area contributed by atoms with Crippen LogP contribution in [0.1, 0.15) is 6.92 Å².